The van der Waals surface area contributed by atoms with Crippen LogP contribution >= 0.6 is 23.4 Å². The third kappa shape index (κ3) is 3.21. The van der Waals surface area contributed by atoms with Gasteiger partial charge >= 0.3 is 0 Å². The second-order valence-electron chi connectivity index (χ2n) is 8.02. The maximum atomic E-state index is 12.8. The first-order chi connectivity index (χ1) is 11.5. The largest absolute Gasteiger partial charge is 0.390 e. The molecule has 0 aromatic heterocycles. The highest BCUT2D eigenvalue weighted by Gasteiger charge is 2.59. The van der Waals surface area contributed by atoms with Crippen molar-refractivity contribution < 1.29 is 9.90 Å². The molecule has 24 heavy (non-hydrogen) atoms. The van der Waals surface area contributed by atoms with E-state index in [2.05, 4.69) is 5.32 Å². The smallest absolute Gasteiger partial charge is 0.226 e. The SMILES string of the molecule is O=C(NCCSc1ccc(Cl)cc1)C12CC3CC(CC(O)(C3)C1)C2. The molecule has 4 aliphatic rings. The van der Waals surface area contributed by atoms with Gasteiger partial charge < -0.3 is 10.4 Å². The normalized spacial score (nSPS) is 36.8. The van der Waals surface area contributed by atoms with E-state index in [9.17, 15) is 9.90 Å². The molecule has 0 aliphatic heterocycles. The number of benzene rings is 1. The Kier molecular flexibility index (Phi) is 4.34. The standard InChI is InChI=1S/C19H24ClNO2S/c20-15-1-3-16(4-2-15)24-6-5-21-17(22)18-8-13-7-14(9-18)11-19(23,10-13)12-18/h1-4,13-14,23H,5-12H2,(H,21,22). The Labute approximate surface area is 152 Å². The van der Waals surface area contributed by atoms with E-state index in [1.807, 2.05) is 24.3 Å². The molecule has 2 unspecified atom stereocenters. The van der Waals surface area contributed by atoms with E-state index in [0.29, 0.717) is 24.8 Å². The molecule has 3 nitrogen and oxygen atoms in total. The number of aliphatic hydroxyl groups is 1. The highest BCUT2D eigenvalue weighted by atomic mass is 35.5. The maximum Gasteiger partial charge on any atom is 0.226 e. The number of hydrogen-bond acceptors (Lipinski definition) is 3. The van der Waals surface area contributed by atoms with Crippen LogP contribution in [0.1, 0.15) is 38.5 Å². The average molecular weight is 366 g/mol. The predicted octanol–water partition coefficient (Wildman–Crippen LogP) is 3.88. The van der Waals surface area contributed by atoms with E-state index in [0.717, 1.165) is 41.4 Å². The zero-order valence-corrected chi connectivity index (χ0v) is 15.3. The minimum Gasteiger partial charge on any atom is -0.390 e. The third-order valence-corrected chi connectivity index (χ3v) is 7.25. The first-order valence-electron chi connectivity index (χ1n) is 8.86. The van der Waals surface area contributed by atoms with Gasteiger partial charge in [-0.2, -0.15) is 0 Å². The van der Waals surface area contributed by atoms with Crippen LogP contribution in [-0.4, -0.2) is 28.9 Å². The first-order valence-corrected chi connectivity index (χ1v) is 10.2. The lowest BCUT2D eigenvalue weighted by Gasteiger charge is -2.59. The molecule has 2 atom stereocenters. The molecule has 0 saturated heterocycles. The molecule has 0 radical (unpaired) electrons. The van der Waals surface area contributed by atoms with Gasteiger partial charge in [0, 0.05) is 22.2 Å². The van der Waals surface area contributed by atoms with E-state index in [1.54, 1.807) is 11.8 Å². The number of thioether (sulfide) groups is 1. The Hall–Kier alpha value is -0.710. The fourth-order valence-electron chi connectivity index (χ4n) is 5.53. The molecule has 0 spiro atoms. The van der Waals surface area contributed by atoms with Crippen LogP contribution in [0, 0.1) is 17.3 Å². The van der Waals surface area contributed by atoms with E-state index < -0.39 is 5.60 Å². The van der Waals surface area contributed by atoms with Crippen LogP contribution in [0.15, 0.2) is 29.2 Å². The van der Waals surface area contributed by atoms with Gasteiger partial charge in [-0.25, -0.2) is 0 Å². The molecule has 130 valence electrons. The van der Waals surface area contributed by atoms with Crippen molar-refractivity contribution in [2.45, 2.75) is 49.0 Å². The lowest BCUT2D eigenvalue weighted by Crippen LogP contribution is -2.60. The van der Waals surface area contributed by atoms with Crippen molar-refractivity contribution >= 4 is 29.3 Å². The number of amides is 1. The number of hydrogen-bond donors (Lipinski definition) is 2. The van der Waals surface area contributed by atoms with E-state index in [-0.39, 0.29) is 11.3 Å². The summed E-state index contributed by atoms with van der Waals surface area (Å²) in [5.74, 6) is 2.11. The maximum absolute atomic E-state index is 12.8. The summed E-state index contributed by atoms with van der Waals surface area (Å²) in [4.78, 5) is 14.0. The fourth-order valence-corrected chi connectivity index (χ4v) is 6.43. The highest BCUT2D eigenvalue weighted by molar-refractivity contribution is 7.99. The van der Waals surface area contributed by atoms with E-state index in [1.165, 1.54) is 6.42 Å². The minimum absolute atomic E-state index is 0.173. The van der Waals surface area contributed by atoms with Crippen molar-refractivity contribution in [3.63, 3.8) is 0 Å². The van der Waals surface area contributed by atoms with Gasteiger partial charge in [-0.15, -0.1) is 11.8 Å². The van der Waals surface area contributed by atoms with Gasteiger partial charge in [0.15, 0.2) is 0 Å². The monoisotopic (exact) mass is 365 g/mol. The molecule has 0 heterocycles. The first kappa shape index (κ1) is 16.7. The van der Waals surface area contributed by atoms with Gasteiger partial charge in [-0.3, -0.25) is 4.79 Å². The Bertz CT molecular complexity index is 619. The lowest BCUT2D eigenvalue weighted by atomic mass is 9.47. The van der Waals surface area contributed by atoms with Crippen LogP contribution in [0.25, 0.3) is 0 Å². The van der Waals surface area contributed by atoms with Crippen LogP contribution in [0.5, 0.6) is 0 Å². The summed E-state index contributed by atoms with van der Waals surface area (Å²) in [6, 6.07) is 7.78. The molecule has 4 fully saturated rings. The van der Waals surface area contributed by atoms with Crippen LogP contribution in [-0.2, 0) is 4.79 Å². The summed E-state index contributed by atoms with van der Waals surface area (Å²) < 4.78 is 0. The van der Waals surface area contributed by atoms with Crippen molar-refractivity contribution in [2.75, 3.05) is 12.3 Å². The van der Waals surface area contributed by atoms with Gasteiger partial charge in [0.2, 0.25) is 5.91 Å². The molecule has 4 bridgehead atoms. The highest BCUT2D eigenvalue weighted by Crippen LogP contribution is 2.61. The lowest BCUT2D eigenvalue weighted by molar-refractivity contribution is -0.178. The van der Waals surface area contributed by atoms with Crippen molar-refractivity contribution in [3.8, 4) is 0 Å². The van der Waals surface area contributed by atoms with E-state index in [4.69, 9.17) is 11.6 Å². The molecule has 1 aromatic rings. The van der Waals surface area contributed by atoms with Crippen molar-refractivity contribution in [1.29, 1.82) is 0 Å². The summed E-state index contributed by atoms with van der Waals surface area (Å²) in [6.07, 6.45) is 5.65. The summed E-state index contributed by atoms with van der Waals surface area (Å²) in [7, 11) is 0. The Morgan fingerprint density at radius 1 is 1.21 bits per heavy atom. The van der Waals surface area contributed by atoms with Crippen LogP contribution < -0.4 is 5.32 Å². The average Bonchev–Trinajstić information content (AvgIpc) is 2.50. The Balaban J connectivity index is 1.31. The Morgan fingerprint density at radius 3 is 2.50 bits per heavy atom. The van der Waals surface area contributed by atoms with Gasteiger partial charge in [0.1, 0.15) is 0 Å². The van der Waals surface area contributed by atoms with E-state index >= 15 is 0 Å². The number of carbonyl (C=O) groups is 1. The topological polar surface area (TPSA) is 49.3 Å². The summed E-state index contributed by atoms with van der Waals surface area (Å²) in [6.45, 7) is 0.668. The molecule has 2 N–H and O–H groups in total. The third-order valence-electron chi connectivity index (χ3n) is 5.98. The number of carbonyl (C=O) groups excluding carboxylic acids is 1. The Morgan fingerprint density at radius 2 is 1.88 bits per heavy atom. The van der Waals surface area contributed by atoms with Crippen LogP contribution in [0.3, 0.4) is 0 Å². The second kappa shape index (κ2) is 6.22. The molecule has 5 heteroatoms. The molecule has 5 rings (SSSR count). The minimum atomic E-state index is -0.570. The van der Waals surface area contributed by atoms with Crippen molar-refractivity contribution in [1.82, 2.24) is 5.32 Å². The number of rotatable bonds is 5. The van der Waals surface area contributed by atoms with Gasteiger partial charge in [-0.1, -0.05) is 11.6 Å². The molecule has 4 saturated carbocycles. The van der Waals surface area contributed by atoms with Crippen LogP contribution in [0.4, 0.5) is 0 Å². The van der Waals surface area contributed by atoms with Gasteiger partial charge in [0.05, 0.1) is 11.0 Å². The summed E-state index contributed by atoms with van der Waals surface area (Å²) >= 11 is 7.61. The quantitative estimate of drug-likeness (QED) is 0.615. The summed E-state index contributed by atoms with van der Waals surface area (Å²) in [5, 5.41) is 14.6. The predicted molar refractivity (Wildman–Crippen MR) is 97.3 cm³/mol. The van der Waals surface area contributed by atoms with Crippen molar-refractivity contribution in [2.24, 2.45) is 17.3 Å². The molecule has 4 aliphatic carbocycles. The molecule has 1 aromatic carbocycles. The second-order valence-corrected chi connectivity index (χ2v) is 9.63. The number of nitrogens with one attached hydrogen (secondary N) is 1. The molecular weight excluding hydrogens is 342 g/mol. The van der Waals surface area contributed by atoms with Crippen molar-refractivity contribution in [3.05, 3.63) is 29.3 Å². The zero-order valence-electron chi connectivity index (χ0n) is 13.8. The zero-order chi connectivity index (χ0) is 16.8. The fraction of sp³-hybridized carbons (Fsp3) is 0.632. The number of halogens is 1. The van der Waals surface area contributed by atoms with Gasteiger partial charge in [0.25, 0.3) is 0 Å². The van der Waals surface area contributed by atoms with Crippen LogP contribution in [0.2, 0.25) is 5.02 Å². The molecule has 1 amide bonds. The summed E-state index contributed by atoms with van der Waals surface area (Å²) in [5.41, 5.74) is -0.872. The molecular formula is C19H24ClNO2S. The van der Waals surface area contributed by atoms with Gasteiger partial charge in [-0.05, 0) is 74.6 Å².